The number of hydrogen-bond donors (Lipinski definition) is 2. The third-order valence-corrected chi connectivity index (χ3v) is 4.69. The predicted molar refractivity (Wildman–Crippen MR) is 82.3 cm³/mol. The van der Waals surface area contributed by atoms with E-state index in [2.05, 4.69) is 4.72 Å². The Morgan fingerprint density at radius 3 is 2.25 bits per heavy atom. The molecule has 20 heavy (non-hydrogen) atoms. The van der Waals surface area contributed by atoms with Gasteiger partial charge in [-0.05, 0) is 55.7 Å². The Morgan fingerprint density at radius 2 is 1.60 bits per heavy atom. The van der Waals surface area contributed by atoms with Crippen LogP contribution in [0.25, 0.3) is 0 Å². The highest BCUT2D eigenvalue weighted by Crippen LogP contribution is 2.23. The third-order valence-electron chi connectivity index (χ3n) is 3.16. The van der Waals surface area contributed by atoms with Gasteiger partial charge in [0.1, 0.15) is 0 Å². The number of rotatable bonds is 3. The highest BCUT2D eigenvalue weighted by molar-refractivity contribution is 7.92. The normalized spacial score (nSPS) is 11.3. The van der Waals surface area contributed by atoms with Crippen molar-refractivity contribution >= 4 is 21.4 Å². The Hall–Kier alpha value is -2.01. The van der Waals surface area contributed by atoms with Crippen molar-refractivity contribution in [1.82, 2.24) is 0 Å². The van der Waals surface area contributed by atoms with Gasteiger partial charge in [0.05, 0.1) is 10.6 Å². The molecule has 4 nitrogen and oxygen atoms in total. The SMILES string of the molecule is Cc1ccc(C)c(S(=O)(=O)Nc2ccc(C)c(N)c2)c1. The molecule has 0 atom stereocenters. The molecule has 0 bridgehead atoms. The predicted octanol–water partition coefficient (Wildman–Crippen LogP) is 2.99. The first-order valence-corrected chi connectivity index (χ1v) is 7.74. The second-order valence-corrected chi connectivity index (χ2v) is 6.60. The fraction of sp³-hybridized carbons (Fsp3) is 0.200. The first kappa shape index (κ1) is 14.4. The molecule has 0 fully saturated rings. The fourth-order valence-electron chi connectivity index (χ4n) is 1.91. The van der Waals surface area contributed by atoms with Crippen LogP contribution < -0.4 is 10.5 Å². The van der Waals surface area contributed by atoms with Crippen LogP contribution in [0.5, 0.6) is 0 Å². The fourth-order valence-corrected chi connectivity index (χ4v) is 3.29. The molecule has 0 spiro atoms. The first-order valence-electron chi connectivity index (χ1n) is 6.26. The van der Waals surface area contributed by atoms with Gasteiger partial charge < -0.3 is 5.73 Å². The zero-order valence-corrected chi connectivity index (χ0v) is 12.6. The van der Waals surface area contributed by atoms with Crippen LogP contribution in [0.3, 0.4) is 0 Å². The lowest BCUT2D eigenvalue weighted by molar-refractivity contribution is 0.600. The van der Waals surface area contributed by atoms with E-state index in [1.54, 1.807) is 37.3 Å². The minimum Gasteiger partial charge on any atom is -0.398 e. The van der Waals surface area contributed by atoms with Gasteiger partial charge >= 0.3 is 0 Å². The third kappa shape index (κ3) is 2.93. The molecular weight excluding hydrogens is 272 g/mol. The van der Waals surface area contributed by atoms with Crippen LogP contribution in [0, 0.1) is 20.8 Å². The van der Waals surface area contributed by atoms with Crippen LogP contribution in [-0.4, -0.2) is 8.42 Å². The second-order valence-electron chi connectivity index (χ2n) is 4.95. The van der Waals surface area contributed by atoms with Crippen molar-refractivity contribution in [1.29, 1.82) is 0 Å². The highest BCUT2D eigenvalue weighted by atomic mass is 32.2. The Labute approximate surface area is 119 Å². The van der Waals surface area contributed by atoms with Gasteiger partial charge in [0.15, 0.2) is 0 Å². The lowest BCUT2D eigenvalue weighted by atomic mass is 10.2. The van der Waals surface area contributed by atoms with Crippen LogP contribution in [0.4, 0.5) is 11.4 Å². The van der Waals surface area contributed by atoms with E-state index in [4.69, 9.17) is 5.73 Å². The summed E-state index contributed by atoms with van der Waals surface area (Å²) in [7, 11) is -3.60. The number of nitrogens with one attached hydrogen (secondary N) is 1. The summed E-state index contributed by atoms with van der Waals surface area (Å²) in [4.78, 5) is 0.289. The van der Waals surface area contributed by atoms with Crippen molar-refractivity contribution in [2.45, 2.75) is 25.7 Å². The summed E-state index contributed by atoms with van der Waals surface area (Å²) in [5, 5.41) is 0. The van der Waals surface area contributed by atoms with Crippen molar-refractivity contribution in [3.63, 3.8) is 0 Å². The molecule has 0 amide bonds. The van der Waals surface area contributed by atoms with Gasteiger partial charge in [-0.2, -0.15) is 0 Å². The van der Waals surface area contributed by atoms with E-state index in [9.17, 15) is 8.42 Å². The van der Waals surface area contributed by atoms with E-state index < -0.39 is 10.0 Å². The van der Waals surface area contributed by atoms with Crippen molar-refractivity contribution in [3.8, 4) is 0 Å². The van der Waals surface area contributed by atoms with Crippen LogP contribution in [0.1, 0.15) is 16.7 Å². The van der Waals surface area contributed by atoms with E-state index >= 15 is 0 Å². The summed E-state index contributed by atoms with van der Waals surface area (Å²) >= 11 is 0. The van der Waals surface area contributed by atoms with Gasteiger partial charge in [-0.3, -0.25) is 4.72 Å². The van der Waals surface area contributed by atoms with Crippen molar-refractivity contribution in [3.05, 3.63) is 53.1 Å². The summed E-state index contributed by atoms with van der Waals surface area (Å²) in [6.45, 7) is 5.51. The molecule has 0 saturated heterocycles. The smallest absolute Gasteiger partial charge is 0.262 e. The van der Waals surface area contributed by atoms with E-state index in [0.29, 0.717) is 16.9 Å². The van der Waals surface area contributed by atoms with Crippen LogP contribution in [0.2, 0.25) is 0 Å². The van der Waals surface area contributed by atoms with Gasteiger partial charge in [-0.1, -0.05) is 18.2 Å². The van der Waals surface area contributed by atoms with E-state index in [-0.39, 0.29) is 4.90 Å². The summed E-state index contributed by atoms with van der Waals surface area (Å²) in [5.74, 6) is 0. The molecule has 0 aromatic heterocycles. The molecule has 0 unspecified atom stereocenters. The molecule has 0 heterocycles. The minimum atomic E-state index is -3.60. The largest absolute Gasteiger partial charge is 0.398 e. The lowest BCUT2D eigenvalue weighted by Gasteiger charge is -2.12. The Kier molecular flexibility index (Phi) is 3.72. The minimum absolute atomic E-state index is 0.289. The standard InChI is InChI=1S/C15H18N2O2S/c1-10-4-5-12(3)15(8-10)20(18,19)17-13-7-6-11(2)14(16)9-13/h4-9,17H,16H2,1-3H3. The highest BCUT2D eigenvalue weighted by Gasteiger charge is 2.17. The molecule has 3 N–H and O–H groups in total. The number of nitrogens with two attached hydrogens (primary N) is 1. The van der Waals surface area contributed by atoms with Crippen LogP contribution in [-0.2, 0) is 10.0 Å². The van der Waals surface area contributed by atoms with Gasteiger partial charge in [0, 0.05) is 5.69 Å². The number of anilines is 2. The lowest BCUT2D eigenvalue weighted by Crippen LogP contribution is -2.14. The molecule has 0 aliphatic carbocycles. The second kappa shape index (κ2) is 5.17. The summed E-state index contributed by atoms with van der Waals surface area (Å²) < 4.78 is 27.4. The number of aryl methyl sites for hydroxylation is 3. The van der Waals surface area contributed by atoms with Crippen LogP contribution in [0.15, 0.2) is 41.3 Å². The van der Waals surface area contributed by atoms with Gasteiger partial charge in [0.2, 0.25) is 0 Å². The summed E-state index contributed by atoms with van der Waals surface area (Å²) in [6, 6.07) is 10.5. The maximum atomic E-state index is 12.4. The maximum absolute atomic E-state index is 12.4. The Balaban J connectivity index is 2.40. The molecular formula is C15H18N2O2S. The monoisotopic (exact) mass is 290 g/mol. The molecule has 0 aliphatic rings. The number of sulfonamides is 1. The van der Waals surface area contributed by atoms with E-state index in [0.717, 1.165) is 11.1 Å². The van der Waals surface area contributed by atoms with E-state index in [1.165, 1.54) is 0 Å². The van der Waals surface area contributed by atoms with E-state index in [1.807, 2.05) is 19.9 Å². The van der Waals surface area contributed by atoms with Crippen molar-refractivity contribution < 1.29 is 8.42 Å². The zero-order valence-electron chi connectivity index (χ0n) is 11.8. The zero-order chi connectivity index (χ0) is 14.9. The van der Waals surface area contributed by atoms with Crippen LogP contribution >= 0.6 is 0 Å². The number of benzene rings is 2. The average molecular weight is 290 g/mol. The first-order chi connectivity index (χ1) is 9.29. The molecule has 0 aliphatic heterocycles. The molecule has 5 heteroatoms. The molecule has 0 saturated carbocycles. The molecule has 2 aromatic carbocycles. The molecule has 2 rings (SSSR count). The van der Waals surface area contributed by atoms with Crippen molar-refractivity contribution in [2.75, 3.05) is 10.5 Å². The summed E-state index contributed by atoms with van der Waals surface area (Å²) in [6.07, 6.45) is 0. The quantitative estimate of drug-likeness (QED) is 0.854. The Bertz CT molecular complexity index is 752. The molecule has 106 valence electrons. The topological polar surface area (TPSA) is 72.2 Å². The van der Waals surface area contributed by atoms with Gasteiger partial charge in [-0.25, -0.2) is 8.42 Å². The number of hydrogen-bond acceptors (Lipinski definition) is 3. The van der Waals surface area contributed by atoms with Crippen molar-refractivity contribution in [2.24, 2.45) is 0 Å². The maximum Gasteiger partial charge on any atom is 0.262 e. The summed E-state index contributed by atoms with van der Waals surface area (Å²) in [5.41, 5.74) is 9.36. The Morgan fingerprint density at radius 1 is 0.950 bits per heavy atom. The molecule has 2 aromatic rings. The average Bonchev–Trinajstić information content (AvgIpc) is 2.36. The molecule has 0 radical (unpaired) electrons. The number of nitrogen functional groups attached to an aromatic ring is 1. The van der Waals surface area contributed by atoms with Gasteiger partial charge in [0.25, 0.3) is 10.0 Å². The van der Waals surface area contributed by atoms with Gasteiger partial charge in [-0.15, -0.1) is 0 Å².